The molecule has 0 aliphatic heterocycles. The number of benzene rings is 1. The highest BCUT2D eigenvalue weighted by molar-refractivity contribution is 7.98. The molecule has 4 N–H and O–H groups in total. The van der Waals surface area contributed by atoms with Crippen LogP contribution in [0.5, 0.6) is 0 Å². The first-order valence-corrected chi connectivity index (χ1v) is 16.3. The molecule has 4 aliphatic carbocycles. The van der Waals surface area contributed by atoms with Gasteiger partial charge in [-0.2, -0.15) is 11.8 Å². The highest BCUT2D eigenvalue weighted by Gasteiger charge is 2.49. The van der Waals surface area contributed by atoms with Crippen molar-refractivity contribution in [2.24, 2.45) is 23.7 Å². The highest BCUT2D eigenvalue weighted by atomic mass is 32.2. The lowest BCUT2D eigenvalue weighted by atomic mass is 9.54. The van der Waals surface area contributed by atoms with Crippen LogP contribution in [-0.4, -0.2) is 66.1 Å². The molecule has 0 aromatic heterocycles. The summed E-state index contributed by atoms with van der Waals surface area (Å²) in [6.45, 7) is 4.94. The molecular weight excluding hydrogens is 540 g/mol. The smallest absolute Gasteiger partial charge is 0.408 e. The maximum absolute atomic E-state index is 13.6. The lowest BCUT2D eigenvalue weighted by molar-refractivity contribution is -0.132. The average Bonchev–Trinajstić information content (AvgIpc) is 2.90. The summed E-state index contributed by atoms with van der Waals surface area (Å²) >= 11 is 1.55. The summed E-state index contributed by atoms with van der Waals surface area (Å²) < 4.78 is 5.30. The van der Waals surface area contributed by atoms with Crippen LogP contribution in [0.4, 0.5) is 4.79 Å². The van der Waals surface area contributed by atoms with Crippen LogP contribution in [0.1, 0.15) is 64.9 Å². The Morgan fingerprint density at radius 3 is 2.12 bits per heavy atom. The van der Waals surface area contributed by atoms with Gasteiger partial charge < -0.3 is 26.0 Å². The molecule has 0 spiro atoms. The fourth-order valence-electron chi connectivity index (χ4n) is 6.98. The van der Waals surface area contributed by atoms with Gasteiger partial charge in [-0.3, -0.25) is 14.4 Å². The first-order chi connectivity index (χ1) is 19.5. The number of hydrogen-bond donors (Lipinski definition) is 4. The monoisotopic (exact) mass is 586 g/mol. The maximum Gasteiger partial charge on any atom is 0.408 e. The Hall–Kier alpha value is -2.75. The normalized spacial score (nSPS) is 26.0. The number of alkyl carbamates (subject to hydrolysis) is 1. The van der Waals surface area contributed by atoms with E-state index < -0.39 is 35.6 Å². The van der Waals surface area contributed by atoms with Crippen molar-refractivity contribution in [2.75, 3.05) is 18.6 Å². The predicted octanol–water partition coefficient (Wildman–Crippen LogP) is 3.42. The Morgan fingerprint density at radius 1 is 0.902 bits per heavy atom. The van der Waals surface area contributed by atoms with Crippen LogP contribution in [0.25, 0.3) is 0 Å². The Morgan fingerprint density at radius 2 is 1.54 bits per heavy atom. The van der Waals surface area contributed by atoms with Crippen molar-refractivity contribution < 1.29 is 23.9 Å². The van der Waals surface area contributed by atoms with Crippen molar-refractivity contribution >= 4 is 35.6 Å². The molecule has 0 unspecified atom stereocenters. The third-order valence-electron chi connectivity index (χ3n) is 8.51. The zero-order valence-corrected chi connectivity index (χ0v) is 25.6. The van der Waals surface area contributed by atoms with E-state index in [0.29, 0.717) is 30.4 Å². The molecule has 5 rings (SSSR count). The summed E-state index contributed by atoms with van der Waals surface area (Å²) in [5.74, 6) is 2.20. The molecule has 226 valence electrons. The molecular formula is C31H46N4O5S. The van der Waals surface area contributed by atoms with E-state index in [2.05, 4.69) is 21.3 Å². The van der Waals surface area contributed by atoms with E-state index in [9.17, 15) is 19.2 Å². The molecule has 4 bridgehead atoms. The molecule has 41 heavy (non-hydrogen) atoms. The Bertz CT molecular complexity index is 1050. The SMILES string of the molecule is CSCC[C@@H](NC(=O)OC(C)(C)C)C(=O)NCC(=O)N[C@@H](Cc1ccccc1)C(=O)NC1C2CC3CC(C2)CC1C3. The molecule has 4 amide bonds. The zero-order chi connectivity index (χ0) is 29.6. The van der Waals surface area contributed by atoms with Crippen molar-refractivity contribution in [1.29, 1.82) is 0 Å². The van der Waals surface area contributed by atoms with Crippen molar-refractivity contribution in [2.45, 2.75) is 89.4 Å². The molecule has 0 heterocycles. The van der Waals surface area contributed by atoms with Crippen LogP contribution in [0, 0.1) is 23.7 Å². The number of rotatable bonds is 12. The number of nitrogens with one attached hydrogen (secondary N) is 4. The van der Waals surface area contributed by atoms with Gasteiger partial charge in [-0.1, -0.05) is 30.3 Å². The number of carbonyl (C=O) groups is 4. The van der Waals surface area contributed by atoms with E-state index in [0.717, 1.165) is 17.4 Å². The topological polar surface area (TPSA) is 126 Å². The largest absolute Gasteiger partial charge is 0.444 e. The number of amides is 4. The van der Waals surface area contributed by atoms with Crippen molar-refractivity contribution in [1.82, 2.24) is 21.3 Å². The number of carbonyl (C=O) groups excluding carboxylic acids is 4. The fourth-order valence-corrected chi connectivity index (χ4v) is 7.45. The minimum Gasteiger partial charge on any atom is -0.444 e. The van der Waals surface area contributed by atoms with Gasteiger partial charge in [0.2, 0.25) is 17.7 Å². The number of ether oxygens (including phenoxy) is 1. The van der Waals surface area contributed by atoms with Crippen LogP contribution in [-0.2, 0) is 25.5 Å². The van der Waals surface area contributed by atoms with Gasteiger partial charge in [-0.25, -0.2) is 4.79 Å². The molecule has 0 radical (unpaired) electrons. The molecule has 9 nitrogen and oxygen atoms in total. The molecule has 2 atom stereocenters. The van der Waals surface area contributed by atoms with E-state index in [4.69, 9.17) is 4.74 Å². The summed E-state index contributed by atoms with van der Waals surface area (Å²) in [6.07, 6.45) is 8.07. The van der Waals surface area contributed by atoms with Crippen LogP contribution < -0.4 is 21.3 Å². The second-order valence-corrected chi connectivity index (χ2v) is 14.0. The Kier molecular flexibility index (Phi) is 10.6. The van der Waals surface area contributed by atoms with Gasteiger partial charge in [0.05, 0.1) is 6.54 Å². The maximum atomic E-state index is 13.6. The van der Waals surface area contributed by atoms with E-state index in [-0.39, 0.29) is 18.5 Å². The molecule has 4 aliphatic rings. The highest BCUT2D eigenvalue weighted by Crippen LogP contribution is 2.53. The minimum absolute atomic E-state index is 0.168. The predicted molar refractivity (Wildman–Crippen MR) is 160 cm³/mol. The zero-order valence-electron chi connectivity index (χ0n) is 24.7. The van der Waals surface area contributed by atoms with Gasteiger partial charge in [-0.05, 0) is 101 Å². The average molecular weight is 587 g/mol. The summed E-state index contributed by atoms with van der Waals surface area (Å²) in [4.78, 5) is 51.8. The molecule has 0 saturated heterocycles. The Balaban J connectivity index is 1.35. The van der Waals surface area contributed by atoms with E-state index in [1.54, 1.807) is 32.5 Å². The number of hydrogen-bond acceptors (Lipinski definition) is 6. The van der Waals surface area contributed by atoms with E-state index >= 15 is 0 Å². The van der Waals surface area contributed by atoms with Gasteiger partial charge in [0.25, 0.3) is 0 Å². The molecule has 4 saturated carbocycles. The summed E-state index contributed by atoms with van der Waals surface area (Å²) in [6, 6.07) is 8.19. The van der Waals surface area contributed by atoms with E-state index in [1.807, 2.05) is 36.6 Å². The minimum atomic E-state index is -0.842. The molecule has 1 aromatic rings. The molecule has 1 aromatic carbocycles. The van der Waals surface area contributed by atoms with Gasteiger partial charge in [-0.15, -0.1) is 0 Å². The fraction of sp³-hybridized carbons (Fsp3) is 0.677. The van der Waals surface area contributed by atoms with Crippen molar-refractivity contribution in [3.63, 3.8) is 0 Å². The van der Waals surface area contributed by atoms with Gasteiger partial charge in [0, 0.05) is 12.5 Å². The van der Waals surface area contributed by atoms with Crippen molar-refractivity contribution in [3.8, 4) is 0 Å². The third kappa shape index (κ3) is 9.12. The van der Waals surface area contributed by atoms with Crippen molar-refractivity contribution in [3.05, 3.63) is 35.9 Å². The molecule has 10 heteroatoms. The number of thioether (sulfide) groups is 1. The molecule has 4 fully saturated rings. The summed E-state index contributed by atoms with van der Waals surface area (Å²) in [7, 11) is 0. The lowest BCUT2D eigenvalue weighted by Gasteiger charge is -2.54. The second kappa shape index (κ2) is 13.9. The summed E-state index contributed by atoms with van der Waals surface area (Å²) in [5.41, 5.74) is 0.246. The van der Waals surface area contributed by atoms with Gasteiger partial charge >= 0.3 is 6.09 Å². The first-order valence-electron chi connectivity index (χ1n) is 14.9. The standard InChI is InChI=1S/C31H46N4O5S/c1-31(2,3)40-30(39)34-24(10-11-41-4)28(37)32-18-26(36)33-25(17-19-8-6-5-7-9-19)29(38)35-27-22-13-20-12-21(15-22)16-23(27)14-20/h5-9,20-25,27H,10-18H2,1-4H3,(H,32,37)(H,33,36)(H,34,39)(H,35,38)/t20?,21?,22?,23?,24-,25+,27?/m1/s1. The summed E-state index contributed by atoms with van der Waals surface area (Å²) in [5, 5.41) is 11.4. The van der Waals surface area contributed by atoms with Crippen LogP contribution in [0.15, 0.2) is 30.3 Å². The Labute approximate surface area is 248 Å². The second-order valence-electron chi connectivity index (χ2n) is 13.0. The van der Waals surface area contributed by atoms with E-state index in [1.165, 1.54) is 32.1 Å². The van der Waals surface area contributed by atoms with Crippen LogP contribution in [0.3, 0.4) is 0 Å². The third-order valence-corrected chi connectivity index (χ3v) is 9.16. The van der Waals surface area contributed by atoms with Gasteiger partial charge in [0.15, 0.2) is 0 Å². The quantitative estimate of drug-likeness (QED) is 0.298. The van der Waals surface area contributed by atoms with Crippen LogP contribution in [0.2, 0.25) is 0 Å². The van der Waals surface area contributed by atoms with Gasteiger partial charge in [0.1, 0.15) is 17.7 Å². The van der Waals surface area contributed by atoms with Crippen LogP contribution >= 0.6 is 11.8 Å². The first kappa shape index (κ1) is 31.2. The lowest BCUT2D eigenvalue weighted by Crippen LogP contribution is -2.60.